The van der Waals surface area contributed by atoms with E-state index in [0.717, 1.165) is 6.07 Å². The molecule has 2 aromatic carbocycles. The number of rotatable bonds is 2. The lowest BCUT2D eigenvalue weighted by molar-refractivity contribution is -0.274. The number of nitrogens with one attached hydrogen (secondary N) is 1. The molecule has 0 fully saturated rings. The van der Waals surface area contributed by atoms with Gasteiger partial charge in [0.05, 0.1) is 22.7 Å². The number of halogens is 4. The number of carbonyl (C=O) groups excluding carboxylic acids is 1. The SMILES string of the molecule is N#Cc1cc(-c2c(Cl)cccc2OC(F)(F)F)cc2c1NC(=O)C2. The highest BCUT2D eigenvalue weighted by atomic mass is 35.5. The van der Waals surface area contributed by atoms with Crippen molar-refractivity contribution in [2.45, 2.75) is 12.8 Å². The van der Waals surface area contributed by atoms with Crippen LogP contribution in [0.1, 0.15) is 11.1 Å². The molecule has 3 rings (SSSR count). The Morgan fingerprint density at radius 3 is 2.71 bits per heavy atom. The van der Waals surface area contributed by atoms with E-state index in [2.05, 4.69) is 10.1 Å². The molecule has 1 amide bonds. The van der Waals surface area contributed by atoms with Gasteiger partial charge in [-0.15, -0.1) is 13.2 Å². The highest BCUT2D eigenvalue weighted by molar-refractivity contribution is 6.33. The van der Waals surface area contributed by atoms with Crippen molar-refractivity contribution in [2.24, 2.45) is 0 Å². The molecule has 0 radical (unpaired) electrons. The number of amides is 1. The molecular formula is C16H8ClF3N2O2. The van der Waals surface area contributed by atoms with Gasteiger partial charge in [-0.2, -0.15) is 5.26 Å². The molecule has 122 valence electrons. The molecule has 0 saturated heterocycles. The lowest BCUT2D eigenvalue weighted by atomic mass is 9.97. The van der Waals surface area contributed by atoms with Gasteiger partial charge in [0.15, 0.2) is 0 Å². The quantitative estimate of drug-likeness (QED) is 0.877. The van der Waals surface area contributed by atoms with Crippen molar-refractivity contribution in [1.82, 2.24) is 0 Å². The van der Waals surface area contributed by atoms with Gasteiger partial charge >= 0.3 is 6.36 Å². The van der Waals surface area contributed by atoms with Crippen molar-refractivity contribution >= 4 is 23.2 Å². The summed E-state index contributed by atoms with van der Waals surface area (Å²) in [4.78, 5) is 11.5. The maximum atomic E-state index is 12.6. The van der Waals surface area contributed by atoms with Crippen LogP contribution in [0.5, 0.6) is 5.75 Å². The van der Waals surface area contributed by atoms with E-state index in [1.54, 1.807) is 0 Å². The minimum Gasteiger partial charge on any atom is -0.405 e. The van der Waals surface area contributed by atoms with Crippen molar-refractivity contribution in [2.75, 3.05) is 5.32 Å². The van der Waals surface area contributed by atoms with E-state index in [4.69, 9.17) is 11.6 Å². The minimum atomic E-state index is -4.88. The Morgan fingerprint density at radius 2 is 2.04 bits per heavy atom. The highest BCUT2D eigenvalue weighted by Gasteiger charge is 2.33. The number of alkyl halides is 3. The summed E-state index contributed by atoms with van der Waals surface area (Å²) >= 11 is 6.06. The van der Waals surface area contributed by atoms with Crippen LogP contribution in [0.4, 0.5) is 18.9 Å². The predicted molar refractivity (Wildman–Crippen MR) is 80.6 cm³/mol. The van der Waals surface area contributed by atoms with Gasteiger partial charge in [0.25, 0.3) is 0 Å². The summed E-state index contributed by atoms with van der Waals surface area (Å²) in [5.74, 6) is -0.763. The minimum absolute atomic E-state index is 0.00939. The zero-order chi connectivity index (χ0) is 17.5. The van der Waals surface area contributed by atoms with Crippen LogP contribution in [0.3, 0.4) is 0 Å². The lowest BCUT2D eigenvalue weighted by Crippen LogP contribution is -2.17. The molecule has 1 heterocycles. The summed E-state index contributed by atoms with van der Waals surface area (Å²) in [6.07, 6.45) is -4.84. The molecule has 0 spiro atoms. The summed E-state index contributed by atoms with van der Waals surface area (Å²) in [6, 6.07) is 8.71. The van der Waals surface area contributed by atoms with Crippen LogP contribution in [0.25, 0.3) is 11.1 Å². The first kappa shape index (κ1) is 16.1. The first-order chi connectivity index (χ1) is 11.3. The summed E-state index contributed by atoms with van der Waals surface area (Å²) in [5, 5.41) is 11.8. The maximum absolute atomic E-state index is 12.6. The molecule has 2 aromatic rings. The van der Waals surface area contributed by atoms with E-state index in [0.29, 0.717) is 11.3 Å². The molecular weight excluding hydrogens is 345 g/mol. The van der Waals surface area contributed by atoms with Crippen LogP contribution in [-0.2, 0) is 11.2 Å². The monoisotopic (exact) mass is 352 g/mol. The Morgan fingerprint density at radius 1 is 1.29 bits per heavy atom. The molecule has 1 aliphatic rings. The van der Waals surface area contributed by atoms with Crippen LogP contribution in [0.2, 0.25) is 5.02 Å². The smallest absolute Gasteiger partial charge is 0.405 e. The fraction of sp³-hybridized carbons (Fsp3) is 0.125. The number of benzene rings is 2. The van der Waals surface area contributed by atoms with E-state index in [1.807, 2.05) is 6.07 Å². The fourth-order valence-corrected chi connectivity index (χ4v) is 2.85. The number of hydrogen-bond acceptors (Lipinski definition) is 3. The Labute approximate surface area is 139 Å². The largest absolute Gasteiger partial charge is 0.573 e. The second-order valence-corrected chi connectivity index (χ2v) is 5.46. The number of anilines is 1. The normalized spacial score (nSPS) is 13.2. The summed E-state index contributed by atoms with van der Waals surface area (Å²) in [7, 11) is 0. The highest BCUT2D eigenvalue weighted by Crippen LogP contribution is 2.41. The molecule has 1 aliphatic heterocycles. The van der Waals surface area contributed by atoms with Crippen LogP contribution in [0, 0.1) is 11.3 Å². The number of fused-ring (bicyclic) bond motifs is 1. The number of nitrogens with zero attached hydrogens (tertiary/aromatic N) is 1. The first-order valence-corrected chi connectivity index (χ1v) is 7.08. The van der Waals surface area contributed by atoms with Crippen molar-refractivity contribution < 1.29 is 22.7 Å². The number of carbonyl (C=O) groups is 1. The average Bonchev–Trinajstić information content (AvgIpc) is 2.84. The number of nitriles is 1. The van der Waals surface area contributed by atoms with Crippen molar-refractivity contribution in [3.8, 4) is 22.9 Å². The third-order valence-corrected chi connectivity index (χ3v) is 3.76. The molecule has 8 heteroatoms. The predicted octanol–water partition coefficient (Wildman–Crippen LogP) is 4.27. The van der Waals surface area contributed by atoms with E-state index >= 15 is 0 Å². The number of ether oxygens (including phenoxy) is 1. The van der Waals surface area contributed by atoms with Gasteiger partial charge in [0, 0.05) is 5.56 Å². The lowest BCUT2D eigenvalue weighted by Gasteiger charge is -2.15. The molecule has 0 atom stereocenters. The molecule has 0 aromatic heterocycles. The van der Waals surface area contributed by atoms with E-state index in [-0.39, 0.29) is 34.0 Å². The molecule has 0 saturated carbocycles. The molecule has 0 bridgehead atoms. The topological polar surface area (TPSA) is 62.1 Å². The van der Waals surface area contributed by atoms with Crippen molar-refractivity contribution in [3.63, 3.8) is 0 Å². The van der Waals surface area contributed by atoms with Crippen LogP contribution in [-0.4, -0.2) is 12.3 Å². The Hall–Kier alpha value is -2.72. The van der Waals surface area contributed by atoms with Crippen molar-refractivity contribution in [3.05, 3.63) is 46.5 Å². The summed E-state index contributed by atoms with van der Waals surface area (Å²) in [5.41, 5.74) is 1.32. The maximum Gasteiger partial charge on any atom is 0.573 e. The second-order valence-electron chi connectivity index (χ2n) is 5.06. The Balaban J connectivity index is 2.19. The zero-order valence-corrected chi connectivity index (χ0v) is 12.6. The summed E-state index contributed by atoms with van der Waals surface area (Å²) < 4.78 is 41.9. The van der Waals surface area contributed by atoms with Gasteiger partial charge in [-0.1, -0.05) is 17.7 Å². The fourth-order valence-electron chi connectivity index (χ4n) is 2.57. The average molecular weight is 353 g/mol. The van der Waals surface area contributed by atoms with Crippen LogP contribution in [0.15, 0.2) is 30.3 Å². The van der Waals surface area contributed by atoms with Gasteiger partial charge in [-0.05, 0) is 35.4 Å². The van der Waals surface area contributed by atoms with E-state index < -0.39 is 12.1 Å². The molecule has 4 nitrogen and oxygen atoms in total. The van der Waals surface area contributed by atoms with Gasteiger partial charge in [0.2, 0.25) is 5.91 Å². The van der Waals surface area contributed by atoms with Gasteiger partial charge in [-0.25, -0.2) is 0 Å². The molecule has 24 heavy (non-hydrogen) atoms. The molecule has 1 N–H and O–H groups in total. The van der Waals surface area contributed by atoms with Crippen LogP contribution >= 0.6 is 11.6 Å². The van der Waals surface area contributed by atoms with Gasteiger partial charge in [-0.3, -0.25) is 4.79 Å². The van der Waals surface area contributed by atoms with Gasteiger partial charge in [0.1, 0.15) is 11.8 Å². The first-order valence-electron chi connectivity index (χ1n) is 6.70. The van der Waals surface area contributed by atoms with E-state index in [1.165, 1.54) is 24.3 Å². The molecule has 0 aliphatic carbocycles. The third-order valence-electron chi connectivity index (χ3n) is 3.45. The molecule has 0 unspecified atom stereocenters. The standard InChI is InChI=1S/C16H8ClF3N2O2/c17-11-2-1-3-12(24-16(18,19)20)14(11)8-4-9-6-13(23)22-15(9)10(5-8)7-21/h1-5H,6H2,(H,22,23). The van der Waals surface area contributed by atoms with E-state index in [9.17, 15) is 23.2 Å². The Kier molecular flexibility index (Phi) is 3.85. The zero-order valence-electron chi connectivity index (χ0n) is 11.9. The summed E-state index contributed by atoms with van der Waals surface area (Å²) in [6.45, 7) is 0. The van der Waals surface area contributed by atoms with Gasteiger partial charge < -0.3 is 10.1 Å². The number of hydrogen-bond donors (Lipinski definition) is 1. The van der Waals surface area contributed by atoms with Crippen molar-refractivity contribution in [1.29, 1.82) is 5.26 Å². The third kappa shape index (κ3) is 3.01. The Bertz CT molecular complexity index is 888. The second kappa shape index (κ2) is 5.73. The van der Waals surface area contributed by atoms with Crippen LogP contribution < -0.4 is 10.1 Å².